The molecule has 0 aliphatic heterocycles. The van der Waals surface area contributed by atoms with Gasteiger partial charge in [-0.05, 0) is 22.9 Å². The average molecular weight is 185 g/mol. The van der Waals surface area contributed by atoms with Gasteiger partial charge in [0.2, 0.25) is 0 Å². The number of hydrogen-bond donors (Lipinski definition) is 0. The van der Waals surface area contributed by atoms with Crippen LogP contribution >= 0.6 is 0 Å². The van der Waals surface area contributed by atoms with Crippen LogP contribution in [0.1, 0.15) is 10.4 Å². The monoisotopic (exact) mass is 185 g/mol. The first kappa shape index (κ1) is 8.75. The third-order valence-electron chi connectivity index (χ3n) is 2.11. The molecule has 0 atom stereocenters. The second kappa shape index (κ2) is 3.50. The largest absolute Gasteiger partial charge is 0.465 e. The standard InChI is InChI=1S/C12H9O2/c1-14-12(13)11-8-4-6-9-5-2-3-7-10(9)11/h2-5,7-8H,1H3. The molecule has 69 valence electrons. The number of carbonyl (C=O) groups is 1. The lowest BCUT2D eigenvalue weighted by Gasteiger charge is -2.03. The lowest BCUT2D eigenvalue weighted by Crippen LogP contribution is -2.01. The Hall–Kier alpha value is -1.83. The summed E-state index contributed by atoms with van der Waals surface area (Å²) in [5, 5.41) is 1.80. The highest BCUT2D eigenvalue weighted by Gasteiger charge is 2.08. The Morgan fingerprint density at radius 3 is 2.86 bits per heavy atom. The lowest BCUT2D eigenvalue weighted by atomic mass is 10.1. The van der Waals surface area contributed by atoms with Gasteiger partial charge in [0.25, 0.3) is 0 Å². The fourth-order valence-electron chi connectivity index (χ4n) is 1.44. The third kappa shape index (κ3) is 1.35. The van der Waals surface area contributed by atoms with Crippen LogP contribution in [-0.2, 0) is 4.74 Å². The Morgan fingerprint density at radius 2 is 2.07 bits per heavy atom. The highest BCUT2D eigenvalue weighted by Crippen LogP contribution is 2.18. The molecule has 1 radical (unpaired) electrons. The van der Waals surface area contributed by atoms with E-state index < -0.39 is 0 Å². The summed E-state index contributed by atoms with van der Waals surface area (Å²) in [4.78, 5) is 11.4. The summed E-state index contributed by atoms with van der Waals surface area (Å²) in [6, 6.07) is 14.1. The molecule has 0 fully saturated rings. The van der Waals surface area contributed by atoms with Crippen molar-refractivity contribution in [1.29, 1.82) is 0 Å². The molecule has 0 amide bonds. The first-order valence-corrected chi connectivity index (χ1v) is 4.30. The van der Waals surface area contributed by atoms with E-state index in [1.54, 1.807) is 12.1 Å². The van der Waals surface area contributed by atoms with Crippen LogP contribution in [0.2, 0.25) is 0 Å². The molecule has 14 heavy (non-hydrogen) atoms. The summed E-state index contributed by atoms with van der Waals surface area (Å²) in [5.74, 6) is -0.310. The summed E-state index contributed by atoms with van der Waals surface area (Å²) in [6.45, 7) is 0. The first-order valence-electron chi connectivity index (χ1n) is 4.30. The zero-order valence-corrected chi connectivity index (χ0v) is 7.78. The van der Waals surface area contributed by atoms with Crippen LogP contribution in [0.4, 0.5) is 0 Å². The van der Waals surface area contributed by atoms with Gasteiger partial charge in [0.05, 0.1) is 12.7 Å². The van der Waals surface area contributed by atoms with Crippen LogP contribution in [0.25, 0.3) is 10.8 Å². The van der Waals surface area contributed by atoms with E-state index in [1.807, 2.05) is 24.3 Å². The minimum Gasteiger partial charge on any atom is -0.465 e. The molecule has 0 saturated carbocycles. The molecule has 2 nitrogen and oxygen atoms in total. The van der Waals surface area contributed by atoms with Crippen molar-refractivity contribution >= 4 is 16.7 Å². The minimum absolute atomic E-state index is 0.310. The molecule has 0 bridgehead atoms. The summed E-state index contributed by atoms with van der Waals surface area (Å²) in [5.41, 5.74) is 0.585. The zero-order chi connectivity index (χ0) is 9.97. The maximum atomic E-state index is 11.4. The van der Waals surface area contributed by atoms with Gasteiger partial charge in [0.1, 0.15) is 0 Å². The Kier molecular flexibility index (Phi) is 2.19. The van der Waals surface area contributed by atoms with E-state index in [9.17, 15) is 4.79 Å². The molecule has 2 aromatic rings. The Bertz CT molecular complexity index is 469. The average Bonchev–Trinajstić information content (AvgIpc) is 2.27. The van der Waals surface area contributed by atoms with Crippen molar-refractivity contribution in [2.75, 3.05) is 7.11 Å². The summed E-state index contributed by atoms with van der Waals surface area (Å²) in [7, 11) is 1.38. The first-order chi connectivity index (χ1) is 6.83. The van der Waals surface area contributed by atoms with Crippen molar-refractivity contribution in [3.05, 3.63) is 48.0 Å². The molecule has 2 rings (SSSR count). The zero-order valence-electron chi connectivity index (χ0n) is 7.78. The normalized spacial score (nSPS) is 10.1. The van der Waals surface area contributed by atoms with E-state index >= 15 is 0 Å². The van der Waals surface area contributed by atoms with Crippen LogP contribution in [0, 0.1) is 6.07 Å². The Morgan fingerprint density at radius 1 is 1.29 bits per heavy atom. The molecule has 0 heterocycles. The van der Waals surface area contributed by atoms with E-state index in [-0.39, 0.29) is 5.97 Å². The van der Waals surface area contributed by atoms with Crippen molar-refractivity contribution in [3.63, 3.8) is 0 Å². The predicted molar refractivity (Wildman–Crippen MR) is 54.1 cm³/mol. The third-order valence-corrected chi connectivity index (χ3v) is 2.11. The minimum atomic E-state index is -0.310. The second-order valence-corrected chi connectivity index (χ2v) is 2.93. The van der Waals surface area contributed by atoms with Crippen LogP contribution in [-0.4, -0.2) is 13.1 Å². The molecule has 0 saturated heterocycles. The van der Waals surface area contributed by atoms with E-state index in [2.05, 4.69) is 6.07 Å². The van der Waals surface area contributed by atoms with Crippen molar-refractivity contribution in [2.45, 2.75) is 0 Å². The van der Waals surface area contributed by atoms with Crippen molar-refractivity contribution < 1.29 is 9.53 Å². The maximum Gasteiger partial charge on any atom is 0.338 e. The Labute approximate surface area is 82.1 Å². The van der Waals surface area contributed by atoms with Gasteiger partial charge < -0.3 is 4.74 Å². The van der Waals surface area contributed by atoms with Gasteiger partial charge >= 0.3 is 5.97 Å². The predicted octanol–water partition coefficient (Wildman–Crippen LogP) is 2.43. The topological polar surface area (TPSA) is 26.3 Å². The number of rotatable bonds is 1. The van der Waals surface area contributed by atoms with Gasteiger partial charge in [0.15, 0.2) is 0 Å². The molecule has 0 aromatic heterocycles. The number of fused-ring (bicyclic) bond motifs is 1. The number of hydrogen-bond acceptors (Lipinski definition) is 2. The van der Waals surface area contributed by atoms with Gasteiger partial charge in [-0.15, -0.1) is 0 Å². The number of esters is 1. The van der Waals surface area contributed by atoms with Crippen LogP contribution in [0.15, 0.2) is 36.4 Å². The van der Waals surface area contributed by atoms with Gasteiger partial charge in [-0.3, -0.25) is 0 Å². The number of ether oxygens (including phenoxy) is 1. The van der Waals surface area contributed by atoms with E-state index in [0.717, 1.165) is 10.8 Å². The molecule has 0 aliphatic carbocycles. The van der Waals surface area contributed by atoms with Crippen LogP contribution in [0.3, 0.4) is 0 Å². The van der Waals surface area contributed by atoms with Crippen molar-refractivity contribution in [3.8, 4) is 0 Å². The van der Waals surface area contributed by atoms with Crippen LogP contribution < -0.4 is 0 Å². The number of benzene rings is 2. The molecular weight excluding hydrogens is 176 g/mol. The van der Waals surface area contributed by atoms with Gasteiger partial charge in [-0.2, -0.15) is 0 Å². The summed E-state index contributed by atoms with van der Waals surface area (Å²) < 4.78 is 4.69. The van der Waals surface area contributed by atoms with Crippen LogP contribution in [0.5, 0.6) is 0 Å². The highest BCUT2D eigenvalue weighted by molar-refractivity contribution is 6.04. The van der Waals surface area contributed by atoms with E-state index in [1.165, 1.54) is 7.11 Å². The number of methoxy groups -OCH3 is 1. The maximum absolute atomic E-state index is 11.4. The quantitative estimate of drug-likeness (QED) is 0.638. The second-order valence-electron chi connectivity index (χ2n) is 2.93. The molecule has 2 aromatic carbocycles. The molecule has 0 aliphatic rings. The van der Waals surface area contributed by atoms with Crippen molar-refractivity contribution in [1.82, 2.24) is 0 Å². The summed E-state index contributed by atoms with van der Waals surface area (Å²) >= 11 is 0. The smallest absolute Gasteiger partial charge is 0.338 e. The van der Waals surface area contributed by atoms with E-state index in [0.29, 0.717) is 5.56 Å². The van der Waals surface area contributed by atoms with Gasteiger partial charge in [-0.1, -0.05) is 30.3 Å². The van der Waals surface area contributed by atoms with E-state index in [4.69, 9.17) is 4.74 Å². The summed E-state index contributed by atoms with van der Waals surface area (Å²) in [6.07, 6.45) is 0. The SMILES string of the molecule is COC(=O)c1cc[c]c2ccccc12. The fourth-order valence-corrected chi connectivity index (χ4v) is 1.44. The number of carbonyl (C=O) groups excluding carboxylic acids is 1. The molecule has 0 spiro atoms. The van der Waals surface area contributed by atoms with Crippen molar-refractivity contribution in [2.24, 2.45) is 0 Å². The van der Waals surface area contributed by atoms with Gasteiger partial charge in [-0.25, -0.2) is 4.79 Å². The molecular formula is C12H9O2. The molecule has 0 N–H and O–H groups in total. The van der Waals surface area contributed by atoms with Gasteiger partial charge in [0, 0.05) is 0 Å². The molecule has 0 unspecified atom stereocenters. The Balaban J connectivity index is 2.71. The lowest BCUT2D eigenvalue weighted by molar-refractivity contribution is 0.0603. The highest BCUT2D eigenvalue weighted by atomic mass is 16.5. The molecule has 2 heteroatoms. The fraction of sp³-hybridized carbons (Fsp3) is 0.0833.